The maximum absolute atomic E-state index is 12.3. The van der Waals surface area contributed by atoms with Crippen molar-refractivity contribution in [2.24, 2.45) is 0 Å². The maximum Gasteiger partial charge on any atom is 0.250 e. The smallest absolute Gasteiger partial charge is 0.250 e. The van der Waals surface area contributed by atoms with Crippen molar-refractivity contribution in [3.63, 3.8) is 0 Å². The zero-order chi connectivity index (χ0) is 17.5. The predicted octanol–water partition coefficient (Wildman–Crippen LogP) is 3.50. The Labute approximate surface area is 151 Å². The van der Waals surface area contributed by atoms with Gasteiger partial charge in [0.05, 0.1) is 16.6 Å². The molecule has 1 heterocycles. The van der Waals surface area contributed by atoms with Crippen molar-refractivity contribution in [2.75, 3.05) is 5.32 Å². The Morgan fingerprint density at radius 3 is 2.44 bits per heavy atom. The molecule has 0 saturated carbocycles. The lowest BCUT2D eigenvalue weighted by molar-refractivity contribution is -0.111. The van der Waals surface area contributed by atoms with Gasteiger partial charge in [-0.15, -0.1) is 10.2 Å². The summed E-state index contributed by atoms with van der Waals surface area (Å²) in [5, 5.41) is 10.8. The summed E-state index contributed by atoms with van der Waals surface area (Å²) in [6, 6.07) is 19.1. The highest BCUT2D eigenvalue weighted by Crippen LogP contribution is 2.20. The van der Waals surface area contributed by atoms with Gasteiger partial charge in [-0.25, -0.2) is 0 Å². The zero-order valence-corrected chi connectivity index (χ0v) is 14.8. The van der Waals surface area contributed by atoms with Gasteiger partial charge in [-0.05, 0) is 17.2 Å². The molecule has 0 bridgehead atoms. The van der Waals surface area contributed by atoms with Gasteiger partial charge in [0.15, 0.2) is 0 Å². The first-order valence-electron chi connectivity index (χ1n) is 7.50. The van der Waals surface area contributed by atoms with Gasteiger partial charge in [-0.2, -0.15) is 0 Å². The molecule has 25 heavy (non-hydrogen) atoms. The minimum Gasteiger partial charge on any atom is -0.297 e. The van der Waals surface area contributed by atoms with Crippen molar-refractivity contribution in [1.29, 1.82) is 0 Å². The number of hydrogen-bond acceptors (Lipinski definition) is 5. The number of hydrogen-bond donors (Lipinski definition) is 1. The van der Waals surface area contributed by atoms with Crippen LogP contribution in [0.1, 0.15) is 11.1 Å². The van der Waals surface area contributed by atoms with Gasteiger partial charge in [-0.3, -0.25) is 14.3 Å². The van der Waals surface area contributed by atoms with Crippen LogP contribution in [0.4, 0.5) is 5.13 Å². The molecule has 1 aromatic heterocycles. The largest absolute Gasteiger partial charge is 0.297 e. The van der Waals surface area contributed by atoms with E-state index < -0.39 is 10.8 Å². The topological polar surface area (TPSA) is 72.0 Å². The van der Waals surface area contributed by atoms with E-state index in [-0.39, 0.29) is 5.91 Å². The molecule has 0 aliphatic rings. The van der Waals surface area contributed by atoms with Crippen LogP contribution in [0.2, 0.25) is 0 Å². The van der Waals surface area contributed by atoms with Gasteiger partial charge in [0.2, 0.25) is 15.4 Å². The number of carbonyl (C=O) groups is 1. The van der Waals surface area contributed by atoms with Crippen LogP contribution in [0, 0.1) is 0 Å². The van der Waals surface area contributed by atoms with Crippen molar-refractivity contribution < 1.29 is 9.00 Å². The number of aromatic nitrogens is 2. The molecule has 1 atom stereocenters. The Morgan fingerprint density at radius 1 is 1.04 bits per heavy atom. The lowest BCUT2D eigenvalue weighted by Crippen LogP contribution is -2.07. The summed E-state index contributed by atoms with van der Waals surface area (Å²) in [4.78, 5) is 11.9. The molecule has 0 fully saturated rings. The third-order valence-corrected chi connectivity index (χ3v) is 5.71. The third-order valence-electron chi connectivity index (χ3n) is 3.20. The molecule has 0 spiro atoms. The van der Waals surface area contributed by atoms with E-state index in [1.807, 2.05) is 60.7 Å². The summed E-state index contributed by atoms with van der Waals surface area (Å²) in [7, 11) is -1.29. The van der Waals surface area contributed by atoms with Gasteiger partial charge >= 0.3 is 0 Å². The van der Waals surface area contributed by atoms with Crippen LogP contribution in [0.15, 0.2) is 71.1 Å². The molecule has 0 saturated heterocycles. The van der Waals surface area contributed by atoms with E-state index in [0.717, 1.165) is 22.5 Å². The quantitative estimate of drug-likeness (QED) is 0.533. The van der Waals surface area contributed by atoms with Crippen LogP contribution in [-0.2, 0) is 21.3 Å². The average Bonchev–Trinajstić information content (AvgIpc) is 3.10. The first kappa shape index (κ1) is 17.2. The van der Waals surface area contributed by atoms with E-state index in [1.165, 1.54) is 6.08 Å². The SMILES string of the molecule is O=C(/C=C\c1ccccc1)Nc1nnc([S@@](=O)Cc2ccccc2)s1. The number of rotatable bonds is 6. The van der Waals surface area contributed by atoms with E-state index >= 15 is 0 Å². The molecule has 7 heteroatoms. The molecule has 1 N–H and O–H groups in total. The molecule has 5 nitrogen and oxygen atoms in total. The monoisotopic (exact) mass is 369 g/mol. The molecular weight excluding hydrogens is 354 g/mol. The van der Waals surface area contributed by atoms with Gasteiger partial charge in [-0.1, -0.05) is 72.0 Å². The lowest BCUT2D eigenvalue weighted by Gasteiger charge is -1.98. The summed E-state index contributed by atoms with van der Waals surface area (Å²) in [6.07, 6.45) is 3.14. The maximum atomic E-state index is 12.3. The number of nitrogens with zero attached hydrogens (tertiary/aromatic N) is 2. The van der Waals surface area contributed by atoms with Crippen molar-refractivity contribution >= 4 is 39.3 Å². The normalized spacial score (nSPS) is 12.2. The molecule has 3 aromatic rings. The van der Waals surface area contributed by atoms with Crippen LogP contribution in [0.3, 0.4) is 0 Å². The molecule has 0 aliphatic heterocycles. The molecule has 0 aliphatic carbocycles. The van der Waals surface area contributed by atoms with Gasteiger partial charge < -0.3 is 0 Å². The second kappa shape index (κ2) is 8.46. The average molecular weight is 369 g/mol. The molecular formula is C18H15N3O2S2. The Morgan fingerprint density at radius 2 is 1.72 bits per heavy atom. The van der Waals surface area contributed by atoms with E-state index in [2.05, 4.69) is 15.5 Å². The van der Waals surface area contributed by atoms with Crippen LogP contribution in [0.25, 0.3) is 6.08 Å². The Bertz CT molecular complexity index is 893. The van der Waals surface area contributed by atoms with Crippen molar-refractivity contribution in [3.8, 4) is 0 Å². The fraction of sp³-hybridized carbons (Fsp3) is 0.0556. The number of benzene rings is 2. The highest BCUT2D eigenvalue weighted by Gasteiger charge is 2.13. The number of carbonyl (C=O) groups excluding carboxylic acids is 1. The van der Waals surface area contributed by atoms with E-state index in [9.17, 15) is 9.00 Å². The number of anilines is 1. The summed E-state index contributed by atoms with van der Waals surface area (Å²) in [6.45, 7) is 0. The zero-order valence-electron chi connectivity index (χ0n) is 13.2. The minimum absolute atomic E-state index is 0.305. The molecule has 126 valence electrons. The summed E-state index contributed by atoms with van der Waals surface area (Å²) in [5.74, 6) is 0.0672. The molecule has 2 aromatic carbocycles. The van der Waals surface area contributed by atoms with Crippen molar-refractivity contribution in [2.45, 2.75) is 10.1 Å². The van der Waals surface area contributed by atoms with E-state index in [1.54, 1.807) is 6.08 Å². The van der Waals surface area contributed by atoms with Crippen LogP contribution >= 0.6 is 11.3 Å². The second-order valence-electron chi connectivity index (χ2n) is 5.08. The Hall–Kier alpha value is -2.64. The first-order valence-corrected chi connectivity index (χ1v) is 9.64. The van der Waals surface area contributed by atoms with Crippen molar-refractivity contribution in [3.05, 3.63) is 77.9 Å². The molecule has 0 radical (unpaired) electrons. The lowest BCUT2D eigenvalue weighted by atomic mass is 10.2. The second-order valence-corrected chi connectivity index (χ2v) is 7.68. The standard InChI is InChI=1S/C18H15N3O2S2/c22-16(12-11-14-7-3-1-4-8-14)19-17-20-21-18(24-17)25(23)13-15-9-5-2-6-10-15/h1-12H,13H2,(H,19,20,22)/b12-11-/t25-/m0/s1. The van der Waals surface area contributed by atoms with E-state index in [4.69, 9.17) is 0 Å². The number of amides is 1. The Balaban J connectivity index is 1.58. The Kier molecular flexibility index (Phi) is 5.81. The van der Waals surface area contributed by atoms with Crippen LogP contribution < -0.4 is 5.32 Å². The molecule has 0 unspecified atom stereocenters. The highest BCUT2D eigenvalue weighted by molar-refractivity contribution is 7.86. The molecule has 3 rings (SSSR count). The summed E-state index contributed by atoms with van der Waals surface area (Å²) in [5.41, 5.74) is 1.90. The fourth-order valence-electron chi connectivity index (χ4n) is 2.02. The summed E-state index contributed by atoms with van der Waals surface area (Å²) < 4.78 is 12.7. The van der Waals surface area contributed by atoms with Gasteiger partial charge in [0.1, 0.15) is 0 Å². The first-order chi connectivity index (χ1) is 12.2. The number of nitrogens with one attached hydrogen (secondary N) is 1. The molecule has 1 amide bonds. The highest BCUT2D eigenvalue weighted by atomic mass is 32.2. The minimum atomic E-state index is -1.29. The van der Waals surface area contributed by atoms with Crippen LogP contribution in [-0.4, -0.2) is 20.3 Å². The van der Waals surface area contributed by atoms with Gasteiger partial charge in [0, 0.05) is 6.08 Å². The fourth-order valence-corrected chi connectivity index (χ4v) is 4.04. The van der Waals surface area contributed by atoms with E-state index in [0.29, 0.717) is 15.2 Å². The predicted molar refractivity (Wildman–Crippen MR) is 101 cm³/mol. The van der Waals surface area contributed by atoms with Gasteiger partial charge in [0.25, 0.3) is 0 Å². The third kappa shape index (κ3) is 5.17. The summed E-state index contributed by atoms with van der Waals surface area (Å²) >= 11 is 1.12. The van der Waals surface area contributed by atoms with Crippen LogP contribution in [0.5, 0.6) is 0 Å². The van der Waals surface area contributed by atoms with Crippen molar-refractivity contribution in [1.82, 2.24) is 10.2 Å².